The van der Waals surface area contributed by atoms with Crippen molar-refractivity contribution in [2.75, 3.05) is 5.75 Å². The highest BCUT2D eigenvalue weighted by molar-refractivity contribution is 9.10. The van der Waals surface area contributed by atoms with Gasteiger partial charge in [0, 0.05) is 9.37 Å². The van der Waals surface area contributed by atoms with Gasteiger partial charge in [-0.2, -0.15) is 4.68 Å². The van der Waals surface area contributed by atoms with Crippen molar-refractivity contribution in [3.8, 4) is 0 Å². The largest absolute Gasteiger partial charge is 0.441 e. The van der Waals surface area contributed by atoms with Crippen LogP contribution in [0.25, 0.3) is 10.9 Å². The standard InChI is InChI=1S/C16H12BrN3O3S/c17-11-5-7-12(8-6-11)24-9-15(21)23-10-20-16(22)13-3-1-2-4-14(13)18-19-20/h1-8H,9-10H2. The van der Waals surface area contributed by atoms with Crippen LogP contribution in [0.15, 0.2) is 62.7 Å². The number of esters is 1. The maximum absolute atomic E-state index is 12.2. The molecule has 3 rings (SSSR count). The van der Waals surface area contributed by atoms with Gasteiger partial charge in [-0.05, 0) is 36.4 Å². The average molecular weight is 406 g/mol. The highest BCUT2D eigenvalue weighted by atomic mass is 79.9. The van der Waals surface area contributed by atoms with E-state index in [1.165, 1.54) is 11.8 Å². The molecule has 0 saturated carbocycles. The molecule has 1 aromatic heterocycles. The average Bonchev–Trinajstić information content (AvgIpc) is 2.61. The molecule has 0 saturated heterocycles. The van der Waals surface area contributed by atoms with Crippen molar-refractivity contribution in [3.05, 3.63) is 63.4 Å². The van der Waals surface area contributed by atoms with Crippen LogP contribution in [-0.2, 0) is 16.3 Å². The number of nitrogens with zero attached hydrogens (tertiary/aromatic N) is 3. The second kappa shape index (κ2) is 7.59. The molecule has 1 heterocycles. The van der Waals surface area contributed by atoms with Crippen molar-refractivity contribution in [1.29, 1.82) is 0 Å². The van der Waals surface area contributed by atoms with Crippen molar-refractivity contribution in [2.24, 2.45) is 0 Å². The number of carbonyl (C=O) groups is 1. The minimum absolute atomic E-state index is 0.150. The molecule has 0 aliphatic rings. The Morgan fingerprint density at radius 2 is 1.92 bits per heavy atom. The van der Waals surface area contributed by atoms with Gasteiger partial charge in [-0.3, -0.25) is 9.59 Å². The molecule has 0 atom stereocenters. The second-order valence-electron chi connectivity index (χ2n) is 4.80. The number of aromatic nitrogens is 3. The molecule has 0 amide bonds. The number of benzene rings is 2. The molecule has 3 aromatic rings. The predicted octanol–water partition coefficient (Wildman–Crippen LogP) is 2.85. The minimum Gasteiger partial charge on any atom is -0.441 e. The molecule has 0 N–H and O–H groups in total. The molecule has 2 aromatic carbocycles. The summed E-state index contributed by atoms with van der Waals surface area (Å²) in [6.45, 7) is -0.254. The summed E-state index contributed by atoms with van der Waals surface area (Å²) in [5, 5.41) is 8.14. The molecule has 24 heavy (non-hydrogen) atoms. The second-order valence-corrected chi connectivity index (χ2v) is 6.76. The lowest BCUT2D eigenvalue weighted by Gasteiger charge is -2.06. The fourth-order valence-electron chi connectivity index (χ4n) is 1.96. The lowest BCUT2D eigenvalue weighted by molar-refractivity contribution is -0.144. The Kier molecular flexibility index (Phi) is 5.27. The predicted molar refractivity (Wildman–Crippen MR) is 94.8 cm³/mol. The third-order valence-electron chi connectivity index (χ3n) is 3.15. The molecular formula is C16H12BrN3O3S. The topological polar surface area (TPSA) is 74.1 Å². The SMILES string of the molecule is O=C(CSc1ccc(Br)cc1)OCn1nnc2ccccc2c1=O. The van der Waals surface area contributed by atoms with E-state index >= 15 is 0 Å². The van der Waals surface area contributed by atoms with E-state index in [-0.39, 0.29) is 18.0 Å². The quantitative estimate of drug-likeness (QED) is 0.479. The highest BCUT2D eigenvalue weighted by Crippen LogP contribution is 2.20. The lowest BCUT2D eigenvalue weighted by atomic mass is 10.2. The Morgan fingerprint density at radius 3 is 2.71 bits per heavy atom. The number of hydrogen-bond acceptors (Lipinski definition) is 6. The normalized spacial score (nSPS) is 10.7. The van der Waals surface area contributed by atoms with Crippen molar-refractivity contribution >= 4 is 44.6 Å². The molecule has 0 bridgehead atoms. The summed E-state index contributed by atoms with van der Waals surface area (Å²) in [7, 11) is 0. The van der Waals surface area contributed by atoms with E-state index in [0.29, 0.717) is 10.9 Å². The lowest BCUT2D eigenvalue weighted by Crippen LogP contribution is -2.26. The first-order chi connectivity index (χ1) is 11.6. The molecule has 6 nitrogen and oxygen atoms in total. The Labute approximate surface area is 149 Å². The zero-order chi connectivity index (χ0) is 16.9. The van der Waals surface area contributed by atoms with Gasteiger partial charge >= 0.3 is 5.97 Å². The van der Waals surface area contributed by atoms with E-state index < -0.39 is 5.97 Å². The molecule has 0 spiro atoms. The summed E-state index contributed by atoms with van der Waals surface area (Å²) < 4.78 is 7.10. The minimum atomic E-state index is -0.426. The maximum atomic E-state index is 12.2. The van der Waals surface area contributed by atoms with Gasteiger partial charge in [0.25, 0.3) is 5.56 Å². The van der Waals surface area contributed by atoms with Crippen molar-refractivity contribution in [2.45, 2.75) is 11.6 Å². The van der Waals surface area contributed by atoms with Crippen LogP contribution in [0.2, 0.25) is 0 Å². The van der Waals surface area contributed by atoms with Crippen LogP contribution in [-0.4, -0.2) is 26.7 Å². The summed E-state index contributed by atoms with van der Waals surface area (Å²) in [5.41, 5.74) is 0.171. The Morgan fingerprint density at radius 1 is 1.17 bits per heavy atom. The smallest absolute Gasteiger partial charge is 0.318 e. The van der Waals surface area contributed by atoms with E-state index in [4.69, 9.17) is 4.74 Å². The number of carbonyl (C=O) groups excluding carboxylic acids is 1. The molecule has 0 aliphatic carbocycles. The Hall–Kier alpha value is -2.19. The molecule has 0 unspecified atom stereocenters. The van der Waals surface area contributed by atoms with Gasteiger partial charge < -0.3 is 4.74 Å². The summed E-state index contributed by atoms with van der Waals surface area (Å²) in [4.78, 5) is 25.0. The first-order valence-electron chi connectivity index (χ1n) is 7.00. The number of hydrogen-bond donors (Lipinski definition) is 0. The first-order valence-corrected chi connectivity index (χ1v) is 8.78. The maximum Gasteiger partial charge on any atom is 0.318 e. The van der Waals surface area contributed by atoms with Gasteiger partial charge in [-0.1, -0.05) is 33.3 Å². The third kappa shape index (κ3) is 4.01. The molecule has 0 fully saturated rings. The fourth-order valence-corrected chi connectivity index (χ4v) is 2.92. The molecule has 0 aliphatic heterocycles. The number of fused-ring (bicyclic) bond motifs is 1. The van der Waals surface area contributed by atoms with Crippen LogP contribution in [0.4, 0.5) is 0 Å². The van der Waals surface area contributed by atoms with Gasteiger partial charge in [0.15, 0.2) is 6.73 Å². The van der Waals surface area contributed by atoms with E-state index in [2.05, 4.69) is 26.2 Å². The number of halogens is 1. The number of rotatable bonds is 5. The molecule has 8 heteroatoms. The number of thioether (sulfide) groups is 1. The van der Waals surface area contributed by atoms with Crippen LogP contribution < -0.4 is 5.56 Å². The molecule has 122 valence electrons. The van der Waals surface area contributed by atoms with Crippen LogP contribution in [0.5, 0.6) is 0 Å². The first kappa shape index (κ1) is 16.7. The van der Waals surface area contributed by atoms with Gasteiger partial charge in [0.1, 0.15) is 5.52 Å². The molecular weight excluding hydrogens is 394 g/mol. The monoisotopic (exact) mass is 405 g/mol. The van der Waals surface area contributed by atoms with E-state index in [1.54, 1.807) is 24.3 Å². The number of ether oxygens (including phenoxy) is 1. The van der Waals surface area contributed by atoms with E-state index in [1.807, 2.05) is 24.3 Å². The van der Waals surface area contributed by atoms with Gasteiger partial charge in [-0.25, -0.2) is 0 Å². The van der Waals surface area contributed by atoms with Crippen LogP contribution >= 0.6 is 27.7 Å². The highest BCUT2D eigenvalue weighted by Gasteiger charge is 2.08. The van der Waals surface area contributed by atoms with Crippen LogP contribution in [0, 0.1) is 0 Å². The Bertz CT molecular complexity index is 928. The van der Waals surface area contributed by atoms with Gasteiger partial charge in [-0.15, -0.1) is 16.9 Å². The van der Waals surface area contributed by atoms with Gasteiger partial charge in [0.05, 0.1) is 11.1 Å². The summed E-state index contributed by atoms with van der Waals surface area (Å²) >= 11 is 4.71. The van der Waals surface area contributed by atoms with Crippen LogP contribution in [0.3, 0.4) is 0 Å². The zero-order valence-electron chi connectivity index (χ0n) is 12.4. The Balaban J connectivity index is 1.59. The van der Waals surface area contributed by atoms with Crippen molar-refractivity contribution < 1.29 is 9.53 Å². The van der Waals surface area contributed by atoms with Crippen molar-refractivity contribution in [3.63, 3.8) is 0 Å². The van der Waals surface area contributed by atoms with Crippen molar-refractivity contribution in [1.82, 2.24) is 15.0 Å². The van der Waals surface area contributed by atoms with Crippen LogP contribution in [0.1, 0.15) is 0 Å². The summed E-state index contributed by atoms with van der Waals surface area (Å²) in [6, 6.07) is 14.5. The zero-order valence-corrected chi connectivity index (χ0v) is 14.8. The van der Waals surface area contributed by atoms with E-state index in [0.717, 1.165) is 14.1 Å². The van der Waals surface area contributed by atoms with E-state index in [9.17, 15) is 9.59 Å². The fraction of sp³-hybridized carbons (Fsp3) is 0.125. The summed E-state index contributed by atoms with van der Waals surface area (Å²) in [5.74, 6) is -0.276. The molecule has 0 radical (unpaired) electrons. The third-order valence-corrected chi connectivity index (χ3v) is 4.66. The summed E-state index contributed by atoms with van der Waals surface area (Å²) in [6.07, 6.45) is 0. The van der Waals surface area contributed by atoms with Gasteiger partial charge in [0.2, 0.25) is 0 Å².